The standard InChI is InChI=1S/C17H20N2O3/c1-19(13-6-4-3-5-7-13)10-11-22-16-9-8-14(21-2)12-15(16)17(18)20/h3-9,12H,10-11H2,1-2H3,(H2,18,20). The zero-order valence-electron chi connectivity index (χ0n) is 12.8. The van der Waals surface area contributed by atoms with Crippen LogP contribution in [0.15, 0.2) is 48.5 Å². The van der Waals surface area contributed by atoms with Crippen molar-refractivity contribution in [2.24, 2.45) is 5.73 Å². The second kappa shape index (κ2) is 7.36. The molecular formula is C17H20N2O3. The number of methoxy groups -OCH3 is 1. The van der Waals surface area contributed by atoms with E-state index in [1.54, 1.807) is 18.2 Å². The number of anilines is 1. The van der Waals surface area contributed by atoms with Gasteiger partial charge in [0.2, 0.25) is 0 Å². The fourth-order valence-corrected chi connectivity index (χ4v) is 2.06. The van der Waals surface area contributed by atoms with Gasteiger partial charge in [0, 0.05) is 12.7 Å². The molecule has 5 nitrogen and oxygen atoms in total. The predicted octanol–water partition coefficient (Wildman–Crippen LogP) is 2.31. The summed E-state index contributed by atoms with van der Waals surface area (Å²) in [6, 6.07) is 15.0. The van der Waals surface area contributed by atoms with Gasteiger partial charge < -0.3 is 20.1 Å². The van der Waals surface area contributed by atoms with E-state index in [9.17, 15) is 4.79 Å². The second-order valence-electron chi connectivity index (χ2n) is 4.83. The molecule has 0 saturated heterocycles. The normalized spacial score (nSPS) is 10.1. The van der Waals surface area contributed by atoms with Crippen LogP contribution in [0.5, 0.6) is 11.5 Å². The number of likely N-dealkylation sites (N-methyl/N-ethyl adjacent to an activating group) is 1. The van der Waals surface area contributed by atoms with Crippen molar-refractivity contribution in [3.63, 3.8) is 0 Å². The molecule has 116 valence electrons. The van der Waals surface area contributed by atoms with Gasteiger partial charge in [0.15, 0.2) is 0 Å². The molecule has 0 aliphatic rings. The topological polar surface area (TPSA) is 64.8 Å². The molecule has 0 aliphatic carbocycles. The molecule has 2 aromatic rings. The van der Waals surface area contributed by atoms with Crippen molar-refractivity contribution in [3.8, 4) is 11.5 Å². The third-order valence-electron chi connectivity index (χ3n) is 3.33. The van der Waals surface area contributed by atoms with E-state index in [-0.39, 0.29) is 0 Å². The minimum atomic E-state index is -0.537. The maximum atomic E-state index is 11.5. The molecule has 1 amide bonds. The van der Waals surface area contributed by atoms with Gasteiger partial charge in [0.25, 0.3) is 5.91 Å². The first kappa shape index (κ1) is 15.7. The van der Waals surface area contributed by atoms with Gasteiger partial charge in [-0.05, 0) is 30.3 Å². The molecule has 5 heteroatoms. The van der Waals surface area contributed by atoms with Crippen LogP contribution >= 0.6 is 0 Å². The SMILES string of the molecule is COc1ccc(OCCN(C)c2ccccc2)c(C(N)=O)c1. The fraction of sp³-hybridized carbons (Fsp3) is 0.235. The van der Waals surface area contributed by atoms with Crippen LogP contribution in [-0.2, 0) is 0 Å². The van der Waals surface area contributed by atoms with E-state index >= 15 is 0 Å². The average Bonchev–Trinajstić information content (AvgIpc) is 2.55. The van der Waals surface area contributed by atoms with E-state index in [2.05, 4.69) is 4.90 Å². The van der Waals surface area contributed by atoms with Crippen LogP contribution in [0.1, 0.15) is 10.4 Å². The van der Waals surface area contributed by atoms with Gasteiger partial charge in [-0.3, -0.25) is 4.79 Å². The quantitative estimate of drug-likeness (QED) is 0.852. The van der Waals surface area contributed by atoms with Gasteiger partial charge in [0.05, 0.1) is 19.2 Å². The van der Waals surface area contributed by atoms with Crippen molar-refractivity contribution in [2.75, 3.05) is 32.2 Å². The number of primary amides is 1. The lowest BCUT2D eigenvalue weighted by Gasteiger charge is -2.20. The Labute approximate surface area is 130 Å². The smallest absolute Gasteiger partial charge is 0.252 e. The minimum Gasteiger partial charge on any atom is -0.497 e. The zero-order valence-corrected chi connectivity index (χ0v) is 12.8. The Morgan fingerprint density at radius 1 is 1.18 bits per heavy atom. The summed E-state index contributed by atoms with van der Waals surface area (Å²) in [5.41, 5.74) is 6.80. The van der Waals surface area contributed by atoms with E-state index in [0.717, 1.165) is 5.69 Å². The van der Waals surface area contributed by atoms with Crippen molar-refractivity contribution in [1.82, 2.24) is 0 Å². The van der Waals surface area contributed by atoms with Crippen molar-refractivity contribution in [1.29, 1.82) is 0 Å². The van der Waals surface area contributed by atoms with E-state index < -0.39 is 5.91 Å². The largest absolute Gasteiger partial charge is 0.497 e. The van der Waals surface area contributed by atoms with Crippen molar-refractivity contribution in [3.05, 3.63) is 54.1 Å². The van der Waals surface area contributed by atoms with Crippen LogP contribution < -0.4 is 20.1 Å². The number of nitrogens with zero attached hydrogens (tertiary/aromatic N) is 1. The third-order valence-corrected chi connectivity index (χ3v) is 3.33. The Hall–Kier alpha value is -2.69. The van der Waals surface area contributed by atoms with Crippen LogP contribution in [0.2, 0.25) is 0 Å². The summed E-state index contributed by atoms with van der Waals surface area (Å²) in [4.78, 5) is 13.6. The molecule has 22 heavy (non-hydrogen) atoms. The van der Waals surface area contributed by atoms with E-state index in [1.165, 1.54) is 7.11 Å². The highest BCUT2D eigenvalue weighted by Gasteiger charge is 2.11. The van der Waals surface area contributed by atoms with Crippen LogP contribution in [0.3, 0.4) is 0 Å². The number of carbonyl (C=O) groups is 1. The molecular weight excluding hydrogens is 280 g/mol. The van der Waals surface area contributed by atoms with Gasteiger partial charge in [0.1, 0.15) is 18.1 Å². The molecule has 0 spiro atoms. The number of amides is 1. The average molecular weight is 300 g/mol. The summed E-state index contributed by atoms with van der Waals surface area (Å²) in [6.07, 6.45) is 0. The van der Waals surface area contributed by atoms with Crippen LogP contribution in [0, 0.1) is 0 Å². The van der Waals surface area contributed by atoms with Gasteiger partial charge in [-0.1, -0.05) is 18.2 Å². The number of para-hydroxylation sites is 1. The summed E-state index contributed by atoms with van der Waals surface area (Å²) in [5.74, 6) is 0.502. The minimum absolute atomic E-state index is 0.321. The molecule has 0 atom stereocenters. The number of hydrogen-bond acceptors (Lipinski definition) is 4. The van der Waals surface area contributed by atoms with Gasteiger partial charge in [-0.25, -0.2) is 0 Å². The highest BCUT2D eigenvalue weighted by Crippen LogP contribution is 2.24. The Morgan fingerprint density at radius 3 is 2.55 bits per heavy atom. The number of ether oxygens (including phenoxy) is 2. The van der Waals surface area contributed by atoms with Crippen LogP contribution in [0.25, 0.3) is 0 Å². The number of nitrogens with two attached hydrogens (primary N) is 1. The summed E-state index contributed by atoms with van der Waals surface area (Å²) in [7, 11) is 3.52. The highest BCUT2D eigenvalue weighted by atomic mass is 16.5. The number of benzene rings is 2. The first-order valence-electron chi connectivity index (χ1n) is 6.98. The van der Waals surface area contributed by atoms with Crippen LogP contribution in [0.4, 0.5) is 5.69 Å². The zero-order chi connectivity index (χ0) is 15.9. The lowest BCUT2D eigenvalue weighted by molar-refractivity contribution is 0.0996. The van der Waals surface area contributed by atoms with Gasteiger partial charge >= 0.3 is 0 Å². The Bertz CT molecular complexity index is 629. The van der Waals surface area contributed by atoms with Crippen molar-refractivity contribution in [2.45, 2.75) is 0 Å². The summed E-state index contributed by atoms with van der Waals surface area (Å²) in [5, 5.41) is 0. The molecule has 2 N–H and O–H groups in total. The number of rotatable bonds is 7. The first-order chi connectivity index (χ1) is 10.6. The molecule has 0 saturated carbocycles. The molecule has 0 bridgehead atoms. The van der Waals surface area contributed by atoms with Crippen molar-refractivity contribution < 1.29 is 14.3 Å². The summed E-state index contributed by atoms with van der Waals surface area (Å²) < 4.78 is 10.8. The highest BCUT2D eigenvalue weighted by molar-refractivity contribution is 5.96. The Balaban J connectivity index is 1.98. The predicted molar refractivity (Wildman–Crippen MR) is 86.7 cm³/mol. The van der Waals surface area contributed by atoms with Gasteiger partial charge in [-0.15, -0.1) is 0 Å². The summed E-state index contributed by atoms with van der Waals surface area (Å²) in [6.45, 7) is 1.13. The number of hydrogen-bond donors (Lipinski definition) is 1. The molecule has 0 fully saturated rings. The van der Waals surface area contributed by atoms with E-state index in [0.29, 0.717) is 30.2 Å². The Morgan fingerprint density at radius 2 is 1.91 bits per heavy atom. The lowest BCUT2D eigenvalue weighted by atomic mass is 10.2. The molecule has 0 unspecified atom stereocenters. The van der Waals surface area contributed by atoms with Gasteiger partial charge in [-0.2, -0.15) is 0 Å². The molecule has 0 aliphatic heterocycles. The van der Waals surface area contributed by atoms with Crippen molar-refractivity contribution >= 4 is 11.6 Å². The monoisotopic (exact) mass is 300 g/mol. The third kappa shape index (κ3) is 3.91. The molecule has 0 radical (unpaired) electrons. The first-order valence-corrected chi connectivity index (χ1v) is 6.98. The maximum Gasteiger partial charge on any atom is 0.252 e. The maximum absolute atomic E-state index is 11.5. The molecule has 0 aromatic heterocycles. The lowest BCUT2D eigenvalue weighted by Crippen LogP contribution is -2.24. The molecule has 2 rings (SSSR count). The summed E-state index contributed by atoms with van der Waals surface area (Å²) >= 11 is 0. The molecule has 2 aromatic carbocycles. The van der Waals surface area contributed by atoms with E-state index in [1.807, 2.05) is 37.4 Å². The molecule has 0 heterocycles. The fourth-order valence-electron chi connectivity index (χ4n) is 2.06. The van der Waals surface area contributed by atoms with E-state index in [4.69, 9.17) is 15.2 Å². The Kier molecular flexibility index (Phi) is 5.25. The second-order valence-corrected chi connectivity index (χ2v) is 4.83. The van der Waals surface area contributed by atoms with Crippen LogP contribution in [-0.4, -0.2) is 33.2 Å². The number of carbonyl (C=O) groups excluding carboxylic acids is 1.